The van der Waals surface area contributed by atoms with Gasteiger partial charge in [0.05, 0.1) is 0 Å². The van der Waals surface area contributed by atoms with Crippen LogP contribution in [0.5, 0.6) is 0 Å². The fourth-order valence-electron chi connectivity index (χ4n) is 2.43. The molecular weight excluding hydrogens is 320 g/mol. The summed E-state index contributed by atoms with van der Waals surface area (Å²) >= 11 is 0. The number of fused-ring (bicyclic) bond motifs is 1. The van der Waals surface area contributed by atoms with Crippen molar-refractivity contribution in [2.24, 2.45) is 0 Å². The minimum absolute atomic E-state index is 0.146. The quantitative estimate of drug-likeness (QED) is 0.717. The summed E-state index contributed by atoms with van der Waals surface area (Å²) in [6.07, 6.45) is 0.363. The van der Waals surface area contributed by atoms with Crippen LogP contribution in [-0.2, 0) is 9.53 Å². The third kappa shape index (κ3) is 3.58. The van der Waals surface area contributed by atoms with Crippen molar-refractivity contribution >= 4 is 28.3 Å². The number of benzene rings is 2. The summed E-state index contributed by atoms with van der Waals surface area (Å²) in [6.45, 7) is 1.45. The minimum atomic E-state index is -1.05. The molecule has 0 aliphatic heterocycles. The number of H-pyrrole nitrogens is 1. The second-order valence-electron chi connectivity index (χ2n) is 5.48. The minimum Gasteiger partial charge on any atom is -0.449 e. The Morgan fingerprint density at radius 3 is 2.60 bits per heavy atom. The molecule has 1 aromatic heterocycles. The summed E-state index contributed by atoms with van der Waals surface area (Å²) in [5.41, 5.74) is -0.0787. The van der Waals surface area contributed by atoms with Gasteiger partial charge < -0.3 is 15.0 Å². The van der Waals surface area contributed by atoms with Crippen LogP contribution in [0, 0.1) is 0 Å². The van der Waals surface area contributed by atoms with Gasteiger partial charge in [0.25, 0.3) is 11.5 Å². The average molecular weight is 336 g/mol. The summed E-state index contributed by atoms with van der Waals surface area (Å²) < 4.78 is 5.09. The molecule has 6 nitrogen and oxygen atoms in total. The Labute approximate surface area is 143 Å². The smallest absolute Gasteiger partial charge is 0.344 e. The van der Waals surface area contributed by atoms with Crippen LogP contribution < -0.4 is 10.9 Å². The molecule has 6 heteroatoms. The van der Waals surface area contributed by atoms with Crippen LogP contribution in [-0.4, -0.2) is 23.0 Å². The highest BCUT2D eigenvalue weighted by atomic mass is 16.5. The van der Waals surface area contributed by atoms with Gasteiger partial charge in [0.2, 0.25) is 0 Å². The molecule has 126 valence electrons. The van der Waals surface area contributed by atoms with Crippen molar-refractivity contribution in [3.63, 3.8) is 0 Å². The lowest BCUT2D eigenvalue weighted by Crippen LogP contribution is -2.31. The number of ether oxygens (including phenoxy) is 1. The van der Waals surface area contributed by atoms with Gasteiger partial charge in [0.15, 0.2) is 6.10 Å². The van der Waals surface area contributed by atoms with Crippen molar-refractivity contribution in [1.82, 2.24) is 4.98 Å². The van der Waals surface area contributed by atoms with Gasteiger partial charge in [-0.3, -0.25) is 9.59 Å². The standard InChI is InChI=1S/C19H16N2O4/c1-12(25-19(24)15-9-5-11-20-18(15)23)17(22)21-16-10-4-7-13-6-2-3-8-14(13)16/h2-12H,1H3,(H,20,23)(H,21,22)/t12-/m0/s1. The van der Waals surface area contributed by atoms with Gasteiger partial charge in [-0.05, 0) is 30.5 Å². The lowest BCUT2D eigenvalue weighted by Gasteiger charge is -2.14. The van der Waals surface area contributed by atoms with Gasteiger partial charge in [-0.2, -0.15) is 0 Å². The molecule has 25 heavy (non-hydrogen) atoms. The van der Waals surface area contributed by atoms with Gasteiger partial charge in [-0.1, -0.05) is 36.4 Å². The van der Waals surface area contributed by atoms with Crippen LogP contribution in [0.25, 0.3) is 10.8 Å². The molecule has 3 rings (SSSR count). The zero-order valence-electron chi connectivity index (χ0n) is 13.5. The van der Waals surface area contributed by atoms with E-state index in [1.54, 1.807) is 6.07 Å². The number of carbonyl (C=O) groups is 2. The molecule has 0 aliphatic carbocycles. The molecule has 0 spiro atoms. The molecule has 1 heterocycles. The lowest BCUT2D eigenvalue weighted by atomic mass is 10.1. The molecule has 0 fully saturated rings. The summed E-state index contributed by atoms with van der Waals surface area (Å²) in [6, 6.07) is 16.0. The zero-order valence-corrected chi connectivity index (χ0v) is 13.5. The second-order valence-corrected chi connectivity index (χ2v) is 5.48. The SMILES string of the molecule is C[C@H](OC(=O)c1ccc[nH]c1=O)C(=O)Nc1cccc2ccccc12. The molecule has 1 atom stereocenters. The van der Waals surface area contributed by atoms with Crippen molar-refractivity contribution in [2.75, 3.05) is 5.32 Å². The summed E-state index contributed by atoms with van der Waals surface area (Å²) in [5, 5.41) is 4.63. The number of aromatic nitrogens is 1. The monoisotopic (exact) mass is 336 g/mol. The number of esters is 1. The largest absolute Gasteiger partial charge is 0.449 e. The Kier molecular flexibility index (Phi) is 4.61. The van der Waals surface area contributed by atoms with Crippen LogP contribution in [0.2, 0.25) is 0 Å². The predicted octanol–water partition coefficient (Wildman–Crippen LogP) is 2.71. The van der Waals surface area contributed by atoms with E-state index in [1.807, 2.05) is 36.4 Å². The van der Waals surface area contributed by atoms with Gasteiger partial charge in [0, 0.05) is 17.3 Å². The molecule has 0 saturated heterocycles. The summed E-state index contributed by atoms with van der Waals surface area (Å²) in [5.74, 6) is -1.32. The van der Waals surface area contributed by atoms with E-state index < -0.39 is 23.5 Å². The van der Waals surface area contributed by atoms with Crippen molar-refractivity contribution < 1.29 is 14.3 Å². The Hall–Kier alpha value is -3.41. The third-order valence-corrected chi connectivity index (χ3v) is 3.74. The number of carbonyl (C=O) groups excluding carboxylic acids is 2. The summed E-state index contributed by atoms with van der Waals surface area (Å²) in [4.78, 5) is 38.3. The summed E-state index contributed by atoms with van der Waals surface area (Å²) in [7, 11) is 0. The van der Waals surface area contributed by atoms with E-state index in [1.165, 1.54) is 25.3 Å². The van der Waals surface area contributed by atoms with Crippen molar-refractivity contribution in [2.45, 2.75) is 13.0 Å². The molecule has 2 aromatic carbocycles. The Bertz CT molecular complexity index is 988. The second kappa shape index (κ2) is 7.00. The van der Waals surface area contributed by atoms with E-state index in [9.17, 15) is 14.4 Å². The first kappa shape index (κ1) is 16.4. The van der Waals surface area contributed by atoms with Crippen LogP contribution >= 0.6 is 0 Å². The van der Waals surface area contributed by atoms with Crippen molar-refractivity contribution in [3.05, 3.63) is 76.7 Å². The topological polar surface area (TPSA) is 88.3 Å². The van der Waals surface area contributed by atoms with Gasteiger partial charge in [-0.25, -0.2) is 4.79 Å². The molecule has 0 saturated carbocycles. The number of amides is 1. The highest BCUT2D eigenvalue weighted by molar-refractivity contribution is 6.04. The van der Waals surface area contributed by atoms with Gasteiger partial charge in [0.1, 0.15) is 5.56 Å². The highest BCUT2D eigenvalue weighted by Gasteiger charge is 2.21. The number of hydrogen-bond acceptors (Lipinski definition) is 4. The first-order valence-electron chi connectivity index (χ1n) is 7.73. The van der Waals surface area contributed by atoms with E-state index in [2.05, 4.69) is 10.3 Å². The fraction of sp³-hybridized carbons (Fsp3) is 0.105. The number of aromatic amines is 1. The maximum Gasteiger partial charge on any atom is 0.344 e. The molecule has 2 N–H and O–H groups in total. The van der Waals surface area contributed by atoms with Gasteiger partial charge >= 0.3 is 5.97 Å². The first-order chi connectivity index (χ1) is 12.1. The normalized spacial score (nSPS) is 11.7. The number of rotatable bonds is 4. The Morgan fingerprint density at radius 1 is 1.04 bits per heavy atom. The number of anilines is 1. The molecule has 0 radical (unpaired) electrons. The average Bonchev–Trinajstić information content (AvgIpc) is 2.62. The van der Waals surface area contributed by atoms with E-state index in [4.69, 9.17) is 4.74 Å². The fourth-order valence-corrected chi connectivity index (χ4v) is 2.43. The number of pyridine rings is 1. The van der Waals surface area contributed by atoms with E-state index in [0.717, 1.165) is 10.8 Å². The molecule has 0 bridgehead atoms. The van der Waals surface area contributed by atoms with Crippen LogP contribution in [0.15, 0.2) is 65.6 Å². The highest BCUT2D eigenvalue weighted by Crippen LogP contribution is 2.23. The molecule has 0 aliphatic rings. The molecule has 3 aromatic rings. The number of nitrogens with one attached hydrogen (secondary N) is 2. The third-order valence-electron chi connectivity index (χ3n) is 3.74. The van der Waals surface area contributed by atoms with Gasteiger partial charge in [-0.15, -0.1) is 0 Å². The van der Waals surface area contributed by atoms with E-state index in [0.29, 0.717) is 5.69 Å². The maximum absolute atomic E-state index is 12.3. The zero-order chi connectivity index (χ0) is 17.8. The number of hydrogen-bond donors (Lipinski definition) is 2. The van der Waals surface area contributed by atoms with E-state index in [-0.39, 0.29) is 5.56 Å². The predicted molar refractivity (Wildman–Crippen MR) is 94.5 cm³/mol. The molecular formula is C19H16N2O4. The molecule has 0 unspecified atom stereocenters. The van der Waals surface area contributed by atoms with Crippen LogP contribution in [0.1, 0.15) is 17.3 Å². The molecule has 1 amide bonds. The van der Waals surface area contributed by atoms with Crippen LogP contribution in [0.3, 0.4) is 0 Å². The van der Waals surface area contributed by atoms with Crippen molar-refractivity contribution in [3.8, 4) is 0 Å². The van der Waals surface area contributed by atoms with Crippen molar-refractivity contribution in [1.29, 1.82) is 0 Å². The maximum atomic E-state index is 12.3. The first-order valence-corrected chi connectivity index (χ1v) is 7.73. The Balaban J connectivity index is 1.73. The van der Waals surface area contributed by atoms with E-state index >= 15 is 0 Å². The lowest BCUT2D eigenvalue weighted by molar-refractivity contribution is -0.123. The van der Waals surface area contributed by atoms with Crippen LogP contribution in [0.4, 0.5) is 5.69 Å². The Morgan fingerprint density at radius 2 is 1.80 bits per heavy atom.